The van der Waals surface area contributed by atoms with Crippen LogP contribution in [0.3, 0.4) is 0 Å². The van der Waals surface area contributed by atoms with Crippen LogP contribution in [0.2, 0.25) is 0 Å². The van der Waals surface area contributed by atoms with Crippen molar-refractivity contribution >= 4 is 17.9 Å². The van der Waals surface area contributed by atoms with Gasteiger partial charge in [-0.1, -0.05) is 73.7 Å². The minimum absolute atomic E-state index is 0.170. The highest BCUT2D eigenvalue weighted by Crippen LogP contribution is 2.56. The molecule has 1 saturated heterocycles. The van der Waals surface area contributed by atoms with Crippen molar-refractivity contribution in [2.45, 2.75) is 30.6 Å². The van der Waals surface area contributed by atoms with E-state index >= 15 is 0 Å². The third kappa shape index (κ3) is 5.01. The van der Waals surface area contributed by atoms with Crippen LogP contribution in [0.15, 0.2) is 101 Å². The Labute approximate surface area is 238 Å². The van der Waals surface area contributed by atoms with Gasteiger partial charge in [-0.3, -0.25) is 14.3 Å². The highest BCUT2D eigenvalue weighted by atomic mass is 16.6. The number of carbonyl (C=O) groups is 3. The summed E-state index contributed by atoms with van der Waals surface area (Å²) in [5, 5.41) is 24.6. The molecule has 5 rings (SSSR count). The number of aromatic nitrogens is 2. The Morgan fingerprint density at radius 2 is 1.50 bits per heavy atom. The van der Waals surface area contributed by atoms with Crippen molar-refractivity contribution in [2.24, 2.45) is 0 Å². The second-order valence-electron chi connectivity index (χ2n) is 9.98. The molecule has 0 bridgehead atoms. The van der Waals surface area contributed by atoms with Crippen molar-refractivity contribution in [1.29, 1.82) is 0 Å². The highest BCUT2D eigenvalue weighted by Gasteiger charge is 2.57. The number of benzene rings is 3. The minimum Gasteiger partial charge on any atom is -0.545 e. The average molecular weight is 569 g/mol. The Kier molecular flexibility index (Phi) is 7.60. The van der Waals surface area contributed by atoms with Crippen LogP contribution in [0, 0.1) is 0 Å². The first-order valence-electron chi connectivity index (χ1n) is 12.9. The first-order valence-corrected chi connectivity index (χ1v) is 12.9. The summed E-state index contributed by atoms with van der Waals surface area (Å²) < 4.78 is 13.1. The maximum atomic E-state index is 13.1. The summed E-state index contributed by atoms with van der Waals surface area (Å²) in [6.07, 6.45) is -1.20. The molecule has 0 saturated carbocycles. The normalized spacial score (nSPS) is 21.5. The van der Waals surface area contributed by atoms with E-state index in [1.54, 1.807) is 49.4 Å². The number of nitrogens with one attached hydrogen (secondary N) is 1. The summed E-state index contributed by atoms with van der Waals surface area (Å²) in [7, 11) is 0. The SMILES string of the molecule is C[C@@]1(c2ccccc2C(=O)[O-])[C@@H](c2ccccc2C(=O)[O-])[C@H](COC(=O)c2ccccc2)O[C@H]1n1ccc(=O)[nH]c1=O. The first kappa shape index (κ1) is 28.2. The van der Waals surface area contributed by atoms with E-state index in [4.69, 9.17) is 9.47 Å². The minimum atomic E-state index is -1.51. The van der Waals surface area contributed by atoms with Gasteiger partial charge < -0.3 is 29.3 Å². The van der Waals surface area contributed by atoms with Gasteiger partial charge in [0.15, 0.2) is 0 Å². The fourth-order valence-electron chi connectivity index (χ4n) is 5.75. The molecule has 0 amide bonds. The van der Waals surface area contributed by atoms with Gasteiger partial charge in [0.05, 0.1) is 17.5 Å². The molecule has 0 unspecified atom stereocenters. The van der Waals surface area contributed by atoms with Crippen LogP contribution in [0.4, 0.5) is 0 Å². The second-order valence-corrected chi connectivity index (χ2v) is 9.98. The second kappa shape index (κ2) is 11.3. The molecule has 0 spiro atoms. The lowest BCUT2D eigenvalue weighted by Gasteiger charge is -2.39. The van der Waals surface area contributed by atoms with Crippen molar-refractivity contribution in [3.8, 4) is 0 Å². The number of ether oxygens (including phenoxy) is 2. The largest absolute Gasteiger partial charge is 0.545 e. The number of nitrogens with zero attached hydrogens (tertiary/aromatic N) is 1. The molecule has 2 heterocycles. The quantitative estimate of drug-likeness (QED) is 0.301. The predicted molar refractivity (Wildman–Crippen MR) is 144 cm³/mol. The number of aromatic carboxylic acids is 2. The number of carboxylic acids is 2. The van der Waals surface area contributed by atoms with Crippen LogP contribution >= 0.6 is 0 Å². The summed E-state index contributed by atoms with van der Waals surface area (Å²) >= 11 is 0. The Balaban J connectivity index is 1.74. The monoisotopic (exact) mass is 568 g/mol. The van der Waals surface area contributed by atoms with Crippen LogP contribution in [0.1, 0.15) is 61.3 Å². The van der Waals surface area contributed by atoms with E-state index in [1.807, 2.05) is 0 Å². The van der Waals surface area contributed by atoms with Crippen molar-refractivity contribution in [3.05, 3.63) is 140 Å². The number of hydrogen-bond acceptors (Lipinski definition) is 9. The maximum absolute atomic E-state index is 13.1. The maximum Gasteiger partial charge on any atom is 0.338 e. The molecule has 1 fully saturated rings. The Bertz CT molecular complexity index is 1780. The molecule has 1 aromatic heterocycles. The molecule has 1 aliphatic rings. The van der Waals surface area contributed by atoms with Gasteiger partial charge in [-0.2, -0.15) is 0 Å². The van der Waals surface area contributed by atoms with Gasteiger partial charge in [0.25, 0.3) is 5.56 Å². The van der Waals surface area contributed by atoms with Gasteiger partial charge in [-0.05, 0) is 23.3 Å². The fourth-order valence-corrected chi connectivity index (χ4v) is 5.75. The molecule has 4 atom stereocenters. The Hall–Kier alpha value is -5.29. The summed E-state index contributed by atoms with van der Waals surface area (Å²) in [5.41, 5.74) is -2.80. The van der Waals surface area contributed by atoms with Crippen LogP contribution in [-0.2, 0) is 14.9 Å². The molecule has 11 heteroatoms. The third-order valence-corrected chi connectivity index (χ3v) is 7.57. The Morgan fingerprint density at radius 3 is 2.17 bits per heavy atom. The van der Waals surface area contributed by atoms with E-state index < -0.39 is 59.4 Å². The van der Waals surface area contributed by atoms with E-state index in [2.05, 4.69) is 4.98 Å². The smallest absolute Gasteiger partial charge is 0.338 e. The number of carboxylic acid groups (broad SMARTS) is 2. The molecular formula is C31H24N2O9-2. The molecule has 11 nitrogen and oxygen atoms in total. The van der Waals surface area contributed by atoms with Crippen molar-refractivity contribution in [2.75, 3.05) is 6.61 Å². The lowest BCUT2D eigenvalue weighted by atomic mass is 9.65. The van der Waals surface area contributed by atoms with E-state index in [1.165, 1.54) is 42.6 Å². The molecule has 42 heavy (non-hydrogen) atoms. The molecular weight excluding hydrogens is 544 g/mol. The third-order valence-electron chi connectivity index (χ3n) is 7.57. The highest BCUT2D eigenvalue weighted by molar-refractivity contribution is 5.90. The zero-order valence-corrected chi connectivity index (χ0v) is 22.2. The van der Waals surface area contributed by atoms with Gasteiger partial charge in [-0.25, -0.2) is 9.59 Å². The lowest BCUT2D eigenvalue weighted by Crippen LogP contribution is -2.43. The zero-order chi connectivity index (χ0) is 30.0. The number of esters is 1. The predicted octanol–water partition coefficient (Wildman–Crippen LogP) is 0.760. The van der Waals surface area contributed by atoms with E-state index in [-0.39, 0.29) is 27.8 Å². The molecule has 1 N–H and O–H groups in total. The van der Waals surface area contributed by atoms with Gasteiger partial charge in [0, 0.05) is 34.7 Å². The van der Waals surface area contributed by atoms with Gasteiger partial charge >= 0.3 is 11.7 Å². The number of H-pyrrole nitrogens is 1. The summed E-state index contributed by atoms with van der Waals surface area (Å²) in [6, 6.07) is 21.2. The molecule has 1 aliphatic heterocycles. The number of rotatable bonds is 8. The fraction of sp³-hybridized carbons (Fsp3) is 0.194. The molecule has 214 valence electrons. The van der Waals surface area contributed by atoms with E-state index in [0.717, 1.165) is 10.6 Å². The van der Waals surface area contributed by atoms with Crippen molar-refractivity contribution < 1.29 is 34.1 Å². The van der Waals surface area contributed by atoms with Crippen LogP contribution in [-0.4, -0.2) is 40.2 Å². The Morgan fingerprint density at radius 1 is 0.881 bits per heavy atom. The topological polar surface area (TPSA) is 171 Å². The lowest BCUT2D eigenvalue weighted by molar-refractivity contribution is -0.256. The van der Waals surface area contributed by atoms with Crippen molar-refractivity contribution in [1.82, 2.24) is 9.55 Å². The van der Waals surface area contributed by atoms with Gasteiger partial charge in [-0.15, -0.1) is 0 Å². The zero-order valence-electron chi connectivity index (χ0n) is 22.2. The molecule has 3 aromatic carbocycles. The average Bonchev–Trinajstić information content (AvgIpc) is 3.28. The summed E-state index contributed by atoms with van der Waals surface area (Å²) in [5.74, 6) is -4.69. The number of carbonyl (C=O) groups excluding carboxylic acids is 3. The van der Waals surface area contributed by atoms with E-state index in [0.29, 0.717) is 0 Å². The van der Waals surface area contributed by atoms with Gasteiger partial charge in [0.1, 0.15) is 18.9 Å². The number of aromatic amines is 1. The van der Waals surface area contributed by atoms with E-state index in [9.17, 15) is 34.2 Å². The summed E-state index contributed by atoms with van der Waals surface area (Å²) in [6.45, 7) is 1.23. The van der Waals surface area contributed by atoms with Crippen molar-refractivity contribution in [3.63, 3.8) is 0 Å². The molecule has 0 radical (unpaired) electrons. The molecule has 0 aliphatic carbocycles. The van der Waals surface area contributed by atoms with Crippen LogP contribution in [0.25, 0.3) is 0 Å². The number of hydrogen-bond donors (Lipinski definition) is 1. The van der Waals surface area contributed by atoms with Crippen LogP contribution < -0.4 is 21.5 Å². The summed E-state index contributed by atoms with van der Waals surface area (Å²) in [4.78, 5) is 64.6. The van der Waals surface area contributed by atoms with Crippen LogP contribution in [0.5, 0.6) is 0 Å². The standard InChI is InChI=1S/C31H26N2O9/c1-31(22-14-8-7-13-21(22)27(37)38)25(19-11-5-6-12-20(19)26(35)36)23(17-41-28(39)18-9-3-2-4-10-18)42-29(31)33-16-15-24(34)32-30(33)40/h2-16,23,25,29H,17H2,1H3,(H,35,36)(H,37,38)(H,32,34,40)/p-2/t23-,25-,29+,31+/m0/s1. The molecule has 4 aromatic rings. The van der Waals surface area contributed by atoms with Gasteiger partial charge in [0.2, 0.25) is 0 Å². The first-order chi connectivity index (χ1) is 20.1.